The SMILES string of the molecule is O=C(O)C1CCC(c2ccc(Nc3nc(N4CCCCCC4)nc4cn[nH]c(=O)c34)cc2)CC1. The van der Waals surface area contributed by atoms with Gasteiger partial charge >= 0.3 is 5.97 Å². The van der Waals surface area contributed by atoms with Gasteiger partial charge in [0.05, 0.1) is 12.1 Å². The van der Waals surface area contributed by atoms with Crippen molar-refractivity contribution in [2.24, 2.45) is 5.92 Å². The predicted octanol–water partition coefficient (Wildman–Crippen LogP) is 4.20. The number of rotatable bonds is 5. The van der Waals surface area contributed by atoms with Crippen molar-refractivity contribution >= 4 is 34.3 Å². The number of carboxylic acid groups (broad SMARTS) is 1. The Morgan fingerprint density at radius 1 is 1.00 bits per heavy atom. The number of hydrogen-bond acceptors (Lipinski definition) is 7. The summed E-state index contributed by atoms with van der Waals surface area (Å²) in [6, 6.07) is 8.15. The number of H-pyrrole nitrogens is 1. The van der Waals surface area contributed by atoms with Crippen molar-refractivity contribution in [3.63, 3.8) is 0 Å². The van der Waals surface area contributed by atoms with Crippen LogP contribution in [0.3, 0.4) is 0 Å². The van der Waals surface area contributed by atoms with E-state index in [1.165, 1.54) is 18.4 Å². The number of anilines is 3. The highest BCUT2D eigenvalue weighted by Crippen LogP contribution is 2.36. The zero-order chi connectivity index (χ0) is 23.5. The molecule has 2 aromatic heterocycles. The Labute approximate surface area is 197 Å². The van der Waals surface area contributed by atoms with E-state index >= 15 is 0 Å². The molecule has 9 nitrogen and oxygen atoms in total. The van der Waals surface area contributed by atoms with Gasteiger partial charge in [0.15, 0.2) is 0 Å². The number of aromatic nitrogens is 4. The summed E-state index contributed by atoms with van der Waals surface area (Å²) in [4.78, 5) is 35.4. The van der Waals surface area contributed by atoms with E-state index in [1.807, 2.05) is 12.1 Å². The number of aliphatic carboxylic acids is 1. The molecule has 1 saturated carbocycles. The lowest BCUT2D eigenvalue weighted by Gasteiger charge is -2.26. The van der Waals surface area contributed by atoms with Gasteiger partial charge in [-0.3, -0.25) is 9.59 Å². The van der Waals surface area contributed by atoms with Crippen molar-refractivity contribution in [3.8, 4) is 0 Å². The standard InChI is InChI=1S/C25H30N6O3/c32-23-21-20(15-26-30-23)28-25(31-13-3-1-2-4-14-31)29-22(21)27-19-11-9-17(10-12-19)16-5-7-18(8-6-16)24(33)34/h9-12,15-16,18H,1-8,13-14H2,(H,30,32)(H,33,34)(H,27,28,29). The van der Waals surface area contributed by atoms with E-state index in [2.05, 4.69) is 37.5 Å². The van der Waals surface area contributed by atoms with Crippen LogP contribution in [0.1, 0.15) is 62.8 Å². The van der Waals surface area contributed by atoms with E-state index in [-0.39, 0.29) is 11.5 Å². The average molecular weight is 463 g/mol. The van der Waals surface area contributed by atoms with Crippen LogP contribution < -0.4 is 15.8 Å². The number of nitrogens with one attached hydrogen (secondary N) is 2. The zero-order valence-corrected chi connectivity index (χ0v) is 19.2. The molecule has 1 aliphatic heterocycles. The molecule has 9 heteroatoms. The fraction of sp³-hybridized carbons (Fsp3) is 0.480. The molecule has 1 saturated heterocycles. The van der Waals surface area contributed by atoms with Crippen LogP contribution in [0.2, 0.25) is 0 Å². The van der Waals surface area contributed by atoms with Crippen molar-refractivity contribution < 1.29 is 9.90 Å². The molecule has 2 aliphatic rings. The van der Waals surface area contributed by atoms with Gasteiger partial charge in [-0.1, -0.05) is 25.0 Å². The first kappa shape index (κ1) is 22.3. The van der Waals surface area contributed by atoms with Crippen LogP contribution in [-0.4, -0.2) is 44.3 Å². The van der Waals surface area contributed by atoms with E-state index in [1.54, 1.807) is 6.20 Å². The van der Waals surface area contributed by atoms with Gasteiger partial charge in [-0.05, 0) is 62.1 Å². The van der Waals surface area contributed by atoms with Gasteiger partial charge < -0.3 is 15.3 Å². The molecule has 0 amide bonds. The van der Waals surface area contributed by atoms with E-state index in [9.17, 15) is 14.7 Å². The summed E-state index contributed by atoms with van der Waals surface area (Å²) in [5.41, 5.74) is 2.25. The molecule has 0 radical (unpaired) electrons. The van der Waals surface area contributed by atoms with Crippen LogP contribution in [0.15, 0.2) is 35.3 Å². The maximum atomic E-state index is 12.6. The summed E-state index contributed by atoms with van der Waals surface area (Å²) >= 11 is 0. The van der Waals surface area contributed by atoms with E-state index < -0.39 is 5.97 Å². The number of carboxylic acids is 1. The van der Waals surface area contributed by atoms with Crippen molar-refractivity contribution in [1.82, 2.24) is 20.2 Å². The number of hydrogen-bond donors (Lipinski definition) is 3. The van der Waals surface area contributed by atoms with E-state index in [4.69, 9.17) is 4.98 Å². The molecule has 1 aliphatic carbocycles. The third kappa shape index (κ3) is 4.73. The lowest BCUT2D eigenvalue weighted by Crippen LogP contribution is -2.26. The molecular weight excluding hydrogens is 432 g/mol. The lowest BCUT2D eigenvalue weighted by molar-refractivity contribution is -0.142. The molecule has 2 fully saturated rings. The molecule has 0 unspecified atom stereocenters. The third-order valence-corrected chi connectivity index (χ3v) is 7.12. The van der Waals surface area contributed by atoms with Crippen LogP contribution in [0, 0.1) is 5.92 Å². The first-order valence-corrected chi connectivity index (χ1v) is 12.2. The quantitative estimate of drug-likeness (QED) is 0.515. The molecule has 34 heavy (non-hydrogen) atoms. The largest absolute Gasteiger partial charge is 0.481 e. The fourth-order valence-corrected chi connectivity index (χ4v) is 5.14. The summed E-state index contributed by atoms with van der Waals surface area (Å²) in [5.74, 6) is 0.584. The monoisotopic (exact) mass is 462 g/mol. The highest BCUT2D eigenvalue weighted by atomic mass is 16.4. The first-order valence-electron chi connectivity index (χ1n) is 12.2. The Morgan fingerprint density at radius 3 is 2.38 bits per heavy atom. The number of nitrogens with zero attached hydrogens (tertiary/aromatic N) is 4. The molecule has 3 heterocycles. The van der Waals surface area contributed by atoms with Gasteiger partial charge in [0, 0.05) is 18.8 Å². The van der Waals surface area contributed by atoms with Crippen LogP contribution in [0.5, 0.6) is 0 Å². The normalized spacial score (nSPS) is 21.2. The molecule has 0 atom stereocenters. The molecule has 1 aromatic carbocycles. The Kier molecular flexibility index (Phi) is 6.42. The van der Waals surface area contributed by atoms with Gasteiger partial charge in [-0.25, -0.2) is 10.1 Å². The summed E-state index contributed by atoms with van der Waals surface area (Å²) in [6.45, 7) is 1.81. The van der Waals surface area contributed by atoms with Crippen LogP contribution in [0.4, 0.5) is 17.5 Å². The zero-order valence-electron chi connectivity index (χ0n) is 19.2. The van der Waals surface area contributed by atoms with E-state index in [0.29, 0.717) is 28.6 Å². The molecule has 0 bridgehead atoms. The second-order valence-electron chi connectivity index (χ2n) is 9.37. The second-order valence-corrected chi connectivity index (χ2v) is 9.37. The number of carbonyl (C=O) groups is 1. The fourth-order valence-electron chi connectivity index (χ4n) is 5.14. The Hall–Kier alpha value is -3.49. The van der Waals surface area contributed by atoms with Crippen LogP contribution in [-0.2, 0) is 4.79 Å². The van der Waals surface area contributed by atoms with Crippen molar-refractivity contribution in [2.75, 3.05) is 23.3 Å². The van der Waals surface area contributed by atoms with Crippen molar-refractivity contribution in [1.29, 1.82) is 0 Å². The minimum absolute atomic E-state index is 0.214. The van der Waals surface area contributed by atoms with Gasteiger partial charge in [-0.2, -0.15) is 10.1 Å². The van der Waals surface area contributed by atoms with Crippen LogP contribution in [0.25, 0.3) is 10.9 Å². The molecule has 178 valence electrons. The lowest BCUT2D eigenvalue weighted by atomic mass is 9.79. The van der Waals surface area contributed by atoms with Gasteiger partial charge in [-0.15, -0.1) is 0 Å². The molecule has 3 N–H and O–H groups in total. The highest BCUT2D eigenvalue weighted by molar-refractivity contribution is 5.90. The van der Waals surface area contributed by atoms with Gasteiger partial charge in [0.25, 0.3) is 5.56 Å². The molecule has 5 rings (SSSR count). The number of benzene rings is 1. The second kappa shape index (κ2) is 9.79. The summed E-state index contributed by atoms with van der Waals surface area (Å²) in [6.07, 6.45) is 9.43. The topological polar surface area (TPSA) is 124 Å². The number of aromatic amines is 1. The summed E-state index contributed by atoms with van der Waals surface area (Å²) < 4.78 is 0. The maximum Gasteiger partial charge on any atom is 0.306 e. The minimum atomic E-state index is -0.681. The Morgan fingerprint density at radius 2 is 1.71 bits per heavy atom. The van der Waals surface area contributed by atoms with E-state index in [0.717, 1.165) is 57.3 Å². The summed E-state index contributed by atoms with van der Waals surface area (Å²) in [5, 5.41) is 19.4. The molecule has 3 aromatic rings. The molecule has 0 spiro atoms. The molecular formula is C25H30N6O3. The number of fused-ring (bicyclic) bond motifs is 1. The van der Waals surface area contributed by atoms with Crippen molar-refractivity contribution in [2.45, 2.75) is 57.3 Å². The summed E-state index contributed by atoms with van der Waals surface area (Å²) in [7, 11) is 0. The minimum Gasteiger partial charge on any atom is -0.481 e. The maximum absolute atomic E-state index is 12.6. The predicted molar refractivity (Wildman–Crippen MR) is 131 cm³/mol. The third-order valence-electron chi connectivity index (χ3n) is 7.12. The van der Waals surface area contributed by atoms with Gasteiger partial charge in [0.2, 0.25) is 5.95 Å². The van der Waals surface area contributed by atoms with Crippen molar-refractivity contribution in [3.05, 3.63) is 46.4 Å². The highest BCUT2D eigenvalue weighted by Gasteiger charge is 2.26. The Bertz CT molecular complexity index is 1210. The smallest absolute Gasteiger partial charge is 0.306 e. The average Bonchev–Trinajstić information content (AvgIpc) is 3.14. The van der Waals surface area contributed by atoms with Crippen LogP contribution >= 0.6 is 0 Å². The Balaban J connectivity index is 1.39. The first-order chi connectivity index (χ1) is 16.6. The van der Waals surface area contributed by atoms with Gasteiger partial charge in [0.1, 0.15) is 16.7 Å².